The number of allylic oxidation sites excluding steroid dienone is 3. The standard InChI is InChI=1S/C14H24O/c1-5-6-7-14(12(2)3)9-8-13(4)10-11-15/h5,8,14-15H,1-2,6-7,9-11H2,3-4H3/b13-8+/t14-/m1/s1. The average Bonchev–Trinajstić information content (AvgIpc) is 2.17. The van der Waals surface area contributed by atoms with Gasteiger partial charge in [-0.25, -0.2) is 0 Å². The summed E-state index contributed by atoms with van der Waals surface area (Å²) in [5.74, 6) is 0.552. The Morgan fingerprint density at radius 1 is 1.40 bits per heavy atom. The maximum atomic E-state index is 8.78. The fraction of sp³-hybridized carbons (Fsp3) is 0.571. The van der Waals surface area contributed by atoms with Gasteiger partial charge in [0.2, 0.25) is 0 Å². The normalized spacial score (nSPS) is 13.7. The van der Waals surface area contributed by atoms with E-state index in [9.17, 15) is 0 Å². The van der Waals surface area contributed by atoms with Gasteiger partial charge in [0.15, 0.2) is 0 Å². The molecule has 0 amide bonds. The Kier molecular flexibility index (Phi) is 8.02. The molecule has 0 aliphatic rings. The second-order valence-electron chi connectivity index (χ2n) is 4.17. The first-order valence-electron chi connectivity index (χ1n) is 5.64. The highest BCUT2D eigenvalue weighted by Crippen LogP contribution is 2.21. The minimum Gasteiger partial charge on any atom is -0.396 e. The van der Waals surface area contributed by atoms with Crippen molar-refractivity contribution in [3.63, 3.8) is 0 Å². The first kappa shape index (κ1) is 14.2. The van der Waals surface area contributed by atoms with Crippen LogP contribution in [0.15, 0.2) is 36.5 Å². The van der Waals surface area contributed by atoms with E-state index in [2.05, 4.69) is 33.1 Å². The molecule has 0 aromatic rings. The zero-order valence-electron chi connectivity index (χ0n) is 10.1. The van der Waals surface area contributed by atoms with Crippen LogP contribution in [0.5, 0.6) is 0 Å². The molecule has 0 spiro atoms. The Morgan fingerprint density at radius 3 is 2.53 bits per heavy atom. The van der Waals surface area contributed by atoms with E-state index >= 15 is 0 Å². The molecular weight excluding hydrogens is 184 g/mol. The molecule has 0 aliphatic heterocycles. The monoisotopic (exact) mass is 208 g/mol. The third kappa shape index (κ3) is 7.15. The lowest BCUT2D eigenvalue weighted by Crippen LogP contribution is -2.00. The topological polar surface area (TPSA) is 20.2 Å². The summed E-state index contributed by atoms with van der Waals surface area (Å²) in [4.78, 5) is 0. The van der Waals surface area contributed by atoms with E-state index in [0.29, 0.717) is 5.92 Å². The Bertz CT molecular complexity index is 225. The minimum atomic E-state index is 0.243. The van der Waals surface area contributed by atoms with Gasteiger partial charge in [-0.15, -0.1) is 6.58 Å². The van der Waals surface area contributed by atoms with Gasteiger partial charge >= 0.3 is 0 Å². The smallest absolute Gasteiger partial charge is 0.0468 e. The number of hydrogen-bond donors (Lipinski definition) is 1. The quantitative estimate of drug-likeness (QED) is 0.600. The van der Waals surface area contributed by atoms with Gasteiger partial charge < -0.3 is 5.11 Å². The number of hydrogen-bond acceptors (Lipinski definition) is 1. The second kappa shape index (κ2) is 8.49. The summed E-state index contributed by atoms with van der Waals surface area (Å²) in [5, 5.41) is 8.78. The fourth-order valence-electron chi connectivity index (χ4n) is 1.51. The lowest BCUT2D eigenvalue weighted by Gasteiger charge is -2.14. The van der Waals surface area contributed by atoms with Crippen LogP contribution < -0.4 is 0 Å². The van der Waals surface area contributed by atoms with Crippen molar-refractivity contribution < 1.29 is 5.11 Å². The van der Waals surface area contributed by atoms with Crippen LogP contribution in [0.25, 0.3) is 0 Å². The molecular formula is C14H24O. The Morgan fingerprint density at radius 2 is 2.07 bits per heavy atom. The largest absolute Gasteiger partial charge is 0.396 e. The number of aliphatic hydroxyl groups is 1. The molecule has 0 bridgehead atoms. The van der Waals surface area contributed by atoms with Crippen LogP contribution in [0.1, 0.15) is 39.5 Å². The zero-order chi connectivity index (χ0) is 11.7. The van der Waals surface area contributed by atoms with E-state index in [4.69, 9.17) is 5.11 Å². The predicted molar refractivity (Wildman–Crippen MR) is 67.8 cm³/mol. The van der Waals surface area contributed by atoms with Crippen molar-refractivity contribution in [3.05, 3.63) is 36.5 Å². The summed E-state index contributed by atoms with van der Waals surface area (Å²) in [6.45, 7) is 12.2. The molecule has 0 aromatic heterocycles. The minimum absolute atomic E-state index is 0.243. The molecule has 1 nitrogen and oxygen atoms in total. The van der Waals surface area contributed by atoms with Gasteiger partial charge in [0.25, 0.3) is 0 Å². The summed E-state index contributed by atoms with van der Waals surface area (Å²) in [6.07, 6.45) is 8.17. The Labute approximate surface area is 94.2 Å². The van der Waals surface area contributed by atoms with Crippen molar-refractivity contribution in [2.75, 3.05) is 6.61 Å². The van der Waals surface area contributed by atoms with Crippen molar-refractivity contribution in [2.45, 2.75) is 39.5 Å². The highest BCUT2D eigenvalue weighted by atomic mass is 16.2. The third-order valence-corrected chi connectivity index (χ3v) is 2.67. The number of rotatable bonds is 8. The van der Waals surface area contributed by atoms with Crippen molar-refractivity contribution in [1.29, 1.82) is 0 Å². The van der Waals surface area contributed by atoms with Gasteiger partial charge in [-0.3, -0.25) is 0 Å². The van der Waals surface area contributed by atoms with E-state index in [-0.39, 0.29) is 6.61 Å². The molecule has 0 saturated carbocycles. The molecule has 0 heterocycles. The van der Waals surface area contributed by atoms with Gasteiger partial charge in [0, 0.05) is 6.61 Å². The van der Waals surface area contributed by atoms with Gasteiger partial charge in [-0.05, 0) is 45.4 Å². The van der Waals surface area contributed by atoms with Crippen molar-refractivity contribution in [3.8, 4) is 0 Å². The van der Waals surface area contributed by atoms with E-state index in [0.717, 1.165) is 25.7 Å². The molecule has 1 N–H and O–H groups in total. The number of aliphatic hydroxyl groups excluding tert-OH is 1. The van der Waals surface area contributed by atoms with E-state index < -0.39 is 0 Å². The van der Waals surface area contributed by atoms with Crippen LogP contribution in [-0.2, 0) is 0 Å². The maximum absolute atomic E-state index is 8.78. The SMILES string of the molecule is C=CCC[C@H](C/C=C(\C)CCO)C(=C)C. The Hall–Kier alpha value is -0.820. The molecule has 15 heavy (non-hydrogen) atoms. The summed E-state index contributed by atoms with van der Waals surface area (Å²) in [6, 6.07) is 0. The van der Waals surface area contributed by atoms with Crippen LogP contribution in [0.3, 0.4) is 0 Å². The lowest BCUT2D eigenvalue weighted by atomic mass is 9.92. The molecule has 86 valence electrons. The molecule has 0 unspecified atom stereocenters. The maximum Gasteiger partial charge on any atom is 0.0468 e. The highest BCUT2D eigenvalue weighted by Gasteiger charge is 2.06. The highest BCUT2D eigenvalue weighted by molar-refractivity contribution is 5.04. The fourth-order valence-corrected chi connectivity index (χ4v) is 1.51. The van der Waals surface area contributed by atoms with Crippen molar-refractivity contribution in [2.24, 2.45) is 5.92 Å². The van der Waals surface area contributed by atoms with E-state index in [1.165, 1.54) is 11.1 Å². The van der Waals surface area contributed by atoms with Crippen molar-refractivity contribution in [1.82, 2.24) is 0 Å². The van der Waals surface area contributed by atoms with Crippen LogP contribution >= 0.6 is 0 Å². The molecule has 0 aliphatic carbocycles. The summed E-state index contributed by atoms with van der Waals surface area (Å²) in [7, 11) is 0. The zero-order valence-corrected chi connectivity index (χ0v) is 10.1. The molecule has 0 saturated heterocycles. The molecule has 0 radical (unpaired) electrons. The first-order valence-corrected chi connectivity index (χ1v) is 5.64. The van der Waals surface area contributed by atoms with Crippen LogP contribution in [-0.4, -0.2) is 11.7 Å². The van der Waals surface area contributed by atoms with Crippen LogP contribution in [0.4, 0.5) is 0 Å². The lowest BCUT2D eigenvalue weighted by molar-refractivity contribution is 0.299. The van der Waals surface area contributed by atoms with Crippen LogP contribution in [0, 0.1) is 5.92 Å². The summed E-state index contributed by atoms with van der Waals surface area (Å²) in [5.41, 5.74) is 2.51. The molecule has 1 heteroatoms. The first-order chi connectivity index (χ1) is 7.11. The summed E-state index contributed by atoms with van der Waals surface area (Å²) < 4.78 is 0. The predicted octanol–water partition coefficient (Wildman–Crippen LogP) is 3.86. The second-order valence-corrected chi connectivity index (χ2v) is 4.17. The molecule has 0 aromatic carbocycles. The third-order valence-electron chi connectivity index (χ3n) is 2.67. The van der Waals surface area contributed by atoms with Gasteiger partial charge in [0.1, 0.15) is 0 Å². The molecule has 1 atom stereocenters. The van der Waals surface area contributed by atoms with Gasteiger partial charge in [-0.2, -0.15) is 0 Å². The molecule has 0 fully saturated rings. The molecule has 0 rings (SSSR count). The van der Waals surface area contributed by atoms with Crippen LogP contribution in [0.2, 0.25) is 0 Å². The van der Waals surface area contributed by atoms with Gasteiger partial charge in [0.05, 0.1) is 0 Å². The van der Waals surface area contributed by atoms with E-state index in [1.807, 2.05) is 6.08 Å². The van der Waals surface area contributed by atoms with Crippen molar-refractivity contribution >= 4 is 0 Å². The Balaban J connectivity index is 4.10. The summed E-state index contributed by atoms with van der Waals surface area (Å²) >= 11 is 0. The van der Waals surface area contributed by atoms with E-state index in [1.54, 1.807) is 0 Å². The van der Waals surface area contributed by atoms with Gasteiger partial charge in [-0.1, -0.05) is 29.9 Å². The average molecular weight is 208 g/mol.